The molecule has 92 valence electrons. The molecule has 3 nitrogen and oxygen atoms in total. The molecule has 0 spiro atoms. The number of furan rings is 1. The number of hydrazine groups is 1. The van der Waals surface area contributed by atoms with Crippen LogP contribution in [0, 0.1) is 0 Å². The molecule has 0 aliphatic heterocycles. The molecule has 1 unspecified atom stereocenters. The van der Waals surface area contributed by atoms with E-state index in [0.29, 0.717) is 0 Å². The highest BCUT2D eigenvalue weighted by Gasteiger charge is 2.11. The predicted molar refractivity (Wildman–Crippen MR) is 66.8 cm³/mol. The summed E-state index contributed by atoms with van der Waals surface area (Å²) >= 11 is 0. The number of hydrogen-bond donors (Lipinski definition) is 2. The average molecular weight is 224 g/mol. The van der Waals surface area contributed by atoms with Gasteiger partial charge in [-0.1, -0.05) is 45.4 Å². The highest BCUT2D eigenvalue weighted by molar-refractivity contribution is 5.03. The van der Waals surface area contributed by atoms with Gasteiger partial charge in [0.25, 0.3) is 0 Å². The van der Waals surface area contributed by atoms with Crippen molar-refractivity contribution >= 4 is 0 Å². The van der Waals surface area contributed by atoms with Gasteiger partial charge in [-0.2, -0.15) is 0 Å². The Kier molecular flexibility index (Phi) is 6.93. The van der Waals surface area contributed by atoms with Crippen molar-refractivity contribution in [3.05, 3.63) is 24.2 Å². The van der Waals surface area contributed by atoms with Gasteiger partial charge in [-0.15, -0.1) is 0 Å². The second-order valence-corrected chi connectivity index (χ2v) is 4.29. The van der Waals surface area contributed by atoms with Gasteiger partial charge in [0.15, 0.2) is 0 Å². The Hall–Kier alpha value is -0.800. The van der Waals surface area contributed by atoms with Crippen LogP contribution in [0.15, 0.2) is 22.8 Å². The lowest BCUT2D eigenvalue weighted by Gasteiger charge is -2.12. The highest BCUT2D eigenvalue weighted by Crippen LogP contribution is 2.19. The van der Waals surface area contributed by atoms with Crippen LogP contribution >= 0.6 is 0 Å². The fourth-order valence-corrected chi connectivity index (χ4v) is 1.93. The number of nitrogens with two attached hydrogens (primary N) is 1. The lowest BCUT2D eigenvalue weighted by molar-refractivity contribution is 0.388. The van der Waals surface area contributed by atoms with Crippen molar-refractivity contribution in [3.8, 4) is 0 Å². The molecule has 1 heterocycles. The topological polar surface area (TPSA) is 51.2 Å². The molecule has 0 amide bonds. The Balaban J connectivity index is 2.11. The van der Waals surface area contributed by atoms with E-state index < -0.39 is 0 Å². The zero-order chi connectivity index (χ0) is 11.6. The van der Waals surface area contributed by atoms with Crippen LogP contribution in [0.3, 0.4) is 0 Å². The van der Waals surface area contributed by atoms with Crippen LogP contribution in [-0.4, -0.2) is 0 Å². The first-order valence-corrected chi connectivity index (χ1v) is 6.38. The summed E-state index contributed by atoms with van der Waals surface area (Å²) in [6.07, 6.45) is 10.6. The number of unbranched alkanes of at least 4 members (excludes halogenated alkanes) is 5. The summed E-state index contributed by atoms with van der Waals surface area (Å²) in [5.41, 5.74) is 2.81. The molecule has 0 saturated carbocycles. The van der Waals surface area contributed by atoms with Gasteiger partial charge in [0, 0.05) is 0 Å². The lowest BCUT2D eigenvalue weighted by Crippen LogP contribution is -2.27. The molecule has 0 aliphatic carbocycles. The first-order valence-electron chi connectivity index (χ1n) is 6.38. The molecular weight excluding hydrogens is 200 g/mol. The third-order valence-corrected chi connectivity index (χ3v) is 2.93. The van der Waals surface area contributed by atoms with Crippen LogP contribution < -0.4 is 11.3 Å². The van der Waals surface area contributed by atoms with E-state index in [0.717, 1.165) is 12.2 Å². The first kappa shape index (κ1) is 13.3. The van der Waals surface area contributed by atoms with Crippen molar-refractivity contribution in [2.75, 3.05) is 0 Å². The van der Waals surface area contributed by atoms with Crippen molar-refractivity contribution in [2.45, 2.75) is 57.9 Å². The SMILES string of the molecule is CCCCCCCCC(NN)c1ccco1. The quantitative estimate of drug-likeness (QED) is 0.383. The molecule has 1 atom stereocenters. The minimum absolute atomic E-state index is 0.168. The van der Waals surface area contributed by atoms with Gasteiger partial charge in [-0.25, -0.2) is 5.43 Å². The highest BCUT2D eigenvalue weighted by atomic mass is 16.3. The van der Waals surface area contributed by atoms with Gasteiger partial charge >= 0.3 is 0 Å². The zero-order valence-electron chi connectivity index (χ0n) is 10.2. The van der Waals surface area contributed by atoms with Crippen LogP contribution in [0.2, 0.25) is 0 Å². The van der Waals surface area contributed by atoms with Gasteiger partial charge in [0.2, 0.25) is 0 Å². The molecule has 0 bridgehead atoms. The second kappa shape index (κ2) is 8.36. The van der Waals surface area contributed by atoms with Gasteiger partial charge in [-0.05, 0) is 18.6 Å². The molecule has 0 saturated heterocycles. The molecule has 16 heavy (non-hydrogen) atoms. The summed E-state index contributed by atoms with van der Waals surface area (Å²) < 4.78 is 5.34. The fourth-order valence-electron chi connectivity index (χ4n) is 1.93. The molecule has 1 aromatic heterocycles. The third kappa shape index (κ3) is 4.81. The minimum Gasteiger partial charge on any atom is -0.468 e. The van der Waals surface area contributed by atoms with Crippen LogP contribution in [0.25, 0.3) is 0 Å². The molecule has 3 N–H and O–H groups in total. The normalized spacial score (nSPS) is 12.9. The van der Waals surface area contributed by atoms with E-state index in [1.807, 2.05) is 12.1 Å². The van der Waals surface area contributed by atoms with Crippen LogP contribution in [0.1, 0.15) is 63.7 Å². The Labute approximate surface area is 98.4 Å². The monoisotopic (exact) mass is 224 g/mol. The zero-order valence-corrected chi connectivity index (χ0v) is 10.2. The third-order valence-electron chi connectivity index (χ3n) is 2.93. The summed E-state index contributed by atoms with van der Waals surface area (Å²) in [5.74, 6) is 6.46. The largest absolute Gasteiger partial charge is 0.468 e. The Morgan fingerprint density at radius 2 is 2.00 bits per heavy atom. The fraction of sp³-hybridized carbons (Fsp3) is 0.692. The van der Waals surface area contributed by atoms with Crippen molar-refractivity contribution in [3.63, 3.8) is 0 Å². The Bertz CT molecular complexity index is 246. The number of nitrogens with one attached hydrogen (secondary N) is 1. The van der Waals surface area contributed by atoms with Crippen molar-refractivity contribution in [2.24, 2.45) is 5.84 Å². The average Bonchev–Trinajstić information content (AvgIpc) is 2.82. The smallest absolute Gasteiger partial charge is 0.122 e. The number of rotatable bonds is 9. The second-order valence-electron chi connectivity index (χ2n) is 4.29. The number of hydrogen-bond acceptors (Lipinski definition) is 3. The van der Waals surface area contributed by atoms with E-state index in [2.05, 4.69) is 12.3 Å². The maximum atomic E-state index is 5.52. The van der Waals surface area contributed by atoms with E-state index in [4.69, 9.17) is 10.3 Å². The van der Waals surface area contributed by atoms with E-state index in [1.54, 1.807) is 6.26 Å². The maximum Gasteiger partial charge on any atom is 0.122 e. The Morgan fingerprint density at radius 1 is 1.25 bits per heavy atom. The molecule has 0 aromatic carbocycles. The van der Waals surface area contributed by atoms with Crippen molar-refractivity contribution in [1.29, 1.82) is 0 Å². The van der Waals surface area contributed by atoms with Crippen LogP contribution in [-0.2, 0) is 0 Å². The summed E-state index contributed by atoms with van der Waals surface area (Å²) in [5, 5.41) is 0. The van der Waals surface area contributed by atoms with E-state index in [9.17, 15) is 0 Å². The van der Waals surface area contributed by atoms with E-state index in [1.165, 1.54) is 38.5 Å². The predicted octanol–water partition coefficient (Wildman–Crippen LogP) is 3.53. The van der Waals surface area contributed by atoms with Crippen molar-refractivity contribution in [1.82, 2.24) is 5.43 Å². The molecule has 1 rings (SSSR count). The van der Waals surface area contributed by atoms with Gasteiger partial charge in [-0.3, -0.25) is 5.84 Å². The van der Waals surface area contributed by atoms with Gasteiger partial charge < -0.3 is 4.42 Å². The Morgan fingerprint density at radius 3 is 2.62 bits per heavy atom. The summed E-state index contributed by atoms with van der Waals surface area (Å²) in [4.78, 5) is 0. The molecule has 1 aromatic rings. The van der Waals surface area contributed by atoms with Crippen LogP contribution in [0.5, 0.6) is 0 Å². The molecular formula is C13H24N2O. The van der Waals surface area contributed by atoms with E-state index >= 15 is 0 Å². The maximum absolute atomic E-state index is 5.52. The van der Waals surface area contributed by atoms with Gasteiger partial charge in [0.1, 0.15) is 5.76 Å². The first-order chi connectivity index (χ1) is 7.88. The molecule has 0 fully saturated rings. The summed E-state index contributed by atoms with van der Waals surface area (Å²) in [6, 6.07) is 4.05. The summed E-state index contributed by atoms with van der Waals surface area (Å²) in [6.45, 7) is 2.24. The minimum atomic E-state index is 0.168. The molecule has 3 heteroatoms. The standard InChI is InChI=1S/C13H24N2O/c1-2-3-4-5-6-7-9-12(15-14)13-10-8-11-16-13/h8,10-12,15H,2-7,9,14H2,1H3. The summed E-state index contributed by atoms with van der Waals surface area (Å²) in [7, 11) is 0. The molecule has 0 aliphatic rings. The molecule has 0 radical (unpaired) electrons. The van der Waals surface area contributed by atoms with Crippen LogP contribution in [0.4, 0.5) is 0 Å². The van der Waals surface area contributed by atoms with E-state index in [-0.39, 0.29) is 6.04 Å². The lowest BCUT2D eigenvalue weighted by atomic mass is 10.0. The van der Waals surface area contributed by atoms with Gasteiger partial charge in [0.05, 0.1) is 12.3 Å². The van der Waals surface area contributed by atoms with Crippen molar-refractivity contribution < 1.29 is 4.42 Å².